The van der Waals surface area contributed by atoms with Crippen molar-refractivity contribution in [1.29, 1.82) is 0 Å². The summed E-state index contributed by atoms with van der Waals surface area (Å²) in [6.45, 7) is 0.126. The van der Waals surface area contributed by atoms with Crippen molar-refractivity contribution in [3.63, 3.8) is 0 Å². The predicted octanol–water partition coefficient (Wildman–Crippen LogP) is 2.66. The maximum atomic E-state index is 12.4. The van der Waals surface area contributed by atoms with Crippen LogP contribution in [0.3, 0.4) is 0 Å². The van der Waals surface area contributed by atoms with E-state index in [1.165, 1.54) is 4.90 Å². The van der Waals surface area contributed by atoms with Gasteiger partial charge in [0.05, 0.1) is 12.2 Å². The fraction of sp³-hybridized carbons (Fsp3) is 0.176. The van der Waals surface area contributed by atoms with Crippen LogP contribution in [0.5, 0.6) is 5.75 Å². The van der Waals surface area contributed by atoms with Gasteiger partial charge in [-0.25, -0.2) is 0 Å². The highest BCUT2D eigenvalue weighted by Crippen LogP contribution is 2.33. The zero-order chi connectivity index (χ0) is 16.2. The second-order valence-corrected chi connectivity index (χ2v) is 5.33. The third kappa shape index (κ3) is 3.29. The molecular formula is C17H15ClN2O3. The van der Waals surface area contributed by atoms with Crippen molar-refractivity contribution in [1.82, 2.24) is 0 Å². The number of hydrogen-bond acceptors (Lipinski definition) is 3. The highest BCUT2D eigenvalue weighted by molar-refractivity contribution is 6.29. The van der Waals surface area contributed by atoms with Crippen LogP contribution in [-0.2, 0) is 9.59 Å². The summed E-state index contributed by atoms with van der Waals surface area (Å²) in [6.07, 6.45) is -0.794. The number of nitrogens with zero attached hydrogens (tertiary/aromatic N) is 1. The van der Waals surface area contributed by atoms with Gasteiger partial charge in [0.15, 0.2) is 6.10 Å². The number of amides is 2. The highest BCUT2D eigenvalue weighted by atomic mass is 35.5. The van der Waals surface area contributed by atoms with Crippen molar-refractivity contribution in [2.24, 2.45) is 0 Å². The van der Waals surface area contributed by atoms with E-state index in [2.05, 4.69) is 5.32 Å². The Hall–Kier alpha value is -2.53. The summed E-state index contributed by atoms with van der Waals surface area (Å²) < 4.78 is 5.74. The van der Waals surface area contributed by atoms with Crippen LogP contribution >= 0.6 is 11.6 Å². The standard InChI is InChI=1S/C17H15ClN2O3/c18-10-16(21)20-11-15(23-14-9-5-4-8-13(14)20)17(22)19-12-6-2-1-3-7-12/h1-9,15H,10-11H2,(H,19,22). The van der Waals surface area contributed by atoms with Gasteiger partial charge in [-0.05, 0) is 24.3 Å². The Morgan fingerprint density at radius 3 is 2.57 bits per heavy atom. The summed E-state index contributed by atoms with van der Waals surface area (Å²) in [6, 6.07) is 16.2. The molecule has 0 saturated heterocycles. The Kier molecular flexibility index (Phi) is 4.48. The summed E-state index contributed by atoms with van der Waals surface area (Å²) >= 11 is 5.68. The number of rotatable bonds is 3. The van der Waals surface area contributed by atoms with Crippen LogP contribution in [0.4, 0.5) is 11.4 Å². The molecular weight excluding hydrogens is 316 g/mol. The molecule has 0 spiro atoms. The Morgan fingerprint density at radius 1 is 1.13 bits per heavy atom. The molecule has 5 nitrogen and oxygen atoms in total. The maximum absolute atomic E-state index is 12.4. The van der Waals surface area contributed by atoms with Gasteiger partial charge in [-0.15, -0.1) is 11.6 Å². The average Bonchev–Trinajstić information content (AvgIpc) is 2.61. The van der Waals surface area contributed by atoms with Crippen LogP contribution in [0, 0.1) is 0 Å². The Balaban J connectivity index is 1.82. The fourth-order valence-corrected chi connectivity index (χ4v) is 2.57. The molecule has 1 N–H and O–H groups in total. The number of para-hydroxylation sites is 3. The van der Waals surface area contributed by atoms with Gasteiger partial charge in [0.2, 0.25) is 5.91 Å². The quantitative estimate of drug-likeness (QED) is 0.880. The lowest BCUT2D eigenvalue weighted by atomic mass is 10.1. The van der Waals surface area contributed by atoms with Crippen molar-refractivity contribution < 1.29 is 14.3 Å². The average molecular weight is 331 g/mol. The van der Waals surface area contributed by atoms with E-state index in [-0.39, 0.29) is 24.2 Å². The summed E-state index contributed by atoms with van der Waals surface area (Å²) in [7, 11) is 0. The zero-order valence-electron chi connectivity index (χ0n) is 12.2. The molecule has 0 fully saturated rings. The molecule has 2 aromatic rings. The van der Waals surface area contributed by atoms with E-state index in [9.17, 15) is 9.59 Å². The molecule has 1 unspecified atom stereocenters. The van der Waals surface area contributed by atoms with Gasteiger partial charge in [-0.3, -0.25) is 9.59 Å². The van der Waals surface area contributed by atoms with Crippen LogP contribution < -0.4 is 15.0 Å². The zero-order valence-corrected chi connectivity index (χ0v) is 13.0. The first kappa shape index (κ1) is 15.4. The number of nitrogens with one attached hydrogen (secondary N) is 1. The molecule has 118 valence electrons. The van der Waals surface area contributed by atoms with Gasteiger partial charge < -0.3 is 15.0 Å². The number of ether oxygens (including phenoxy) is 1. The van der Waals surface area contributed by atoms with Crippen LogP contribution in [0.1, 0.15) is 0 Å². The lowest BCUT2D eigenvalue weighted by Crippen LogP contribution is -2.49. The monoisotopic (exact) mass is 330 g/mol. The third-order valence-corrected chi connectivity index (χ3v) is 3.75. The van der Waals surface area contributed by atoms with Gasteiger partial charge in [0, 0.05) is 5.69 Å². The second kappa shape index (κ2) is 6.71. The Morgan fingerprint density at radius 2 is 1.83 bits per heavy atom. The summed E-state index contributed by atoms with van der Waals surface area (Å²) in [5.74, 6) is -0.232. The van der Waals surface area contributed by atoms with E-state index in [0.29, 0.717) is 17.1 Å². The van der Waals surface area contributed by atoms with Crippen LogP contribution in [-0.4, -0.2) is 30.3 Å². The number of benzene rings is 2. The van der Waals surface area contributed by atoms with E-state index in [0.717, 1.165) is 0 Å². The second-order valence-electron chi connectivity index (χ2n) is 5.07. The normalized spacial score (nSPS) is 16.2. The van der Waals surface area contributed by atoms with E-state index in [1.807, 2.05) is 18.2 Å². The van der Waals surface area contributed by atoms with Crippen molar-refractivity contribution >= 4 is 34.8 Å². The summed E-state index contributed by atoms with van der Waals surface area (Å²) in [4.78, 5) is 26.0. The molecule has 3 rings (SSSR count). The Bertz CT molecular complexity index is 721. The van der Waals surface area contributed by atoms with Gasteiger partial charge in [-0.1, -0.05) is 30.3 Å². The number of halogens is 1. The summed E-state index contributed by atoms with van der Waals surface area (Å²) in [5, 5.41) is 2.79. The molecule has 0 radical (unpaired) electrons. The van der Waals surface area contributed by atoms with Crippen LogP contribution in [0.15, 0.2) is 54.6 Å². The first-order valence-corrected chi connectivity index (χ1v) is 7.70. The number of anilines is 2. The van der Waals surface area contributed by atoms with E-state index >= 15 is 0 Å². The Labute approximate surface area is 138 Å². The van der Waals surface area contributed by atoms with E-state index in [1.54, 1.807) is 36.4 Å². The van der Waals surface area contributed by atoms with Gasteiger partial charge >= 0.3 is 0 Å². The van der Waals surface area contributed by atoms with Crippen molar-refractivity contribution in [2.75, 3.05) is 22.6 Å². The molecule has 2 aromatic carbocycles. The molecule has 1 heterocycles. The first-order valence-electron chi connectivity index (χ1n) is 7.17. The van der Waals surface area contributed by atoms with E-state index in [4.69, 9.17) is 16.3 Å². The van der Waals surface area contributed by atoms with Gasteiger partial charge in [-0.2, -0.15) is 0 Å². The molecule has 0 aromatic heterocycles. The van der Waals surface area contributed by atoms with Crippen molar-refractivity contribution in [3.8, 4) is 5.75 Å². The largest absolute Gasteiger partial charge is 0.476 e. The topological polar surface area (TPSA) is 58.6 Å². The van der Waals surface area contributed by atoms with Crippen LogP contribution in [0.25, 0.3) is 0 Å². The molecule has 23 heavy (non-hydrogen) atoms. The molecule has 2 amide bonds. The minimum atomic E-state index is -0.794. The van der Waals surface area contributed by atoms with Crippen molar-refractivity contribution in [2.45, 2.75) is 6.10 Å². The molecule has 0 saturated carbocycles. The lowest BCUT2D eigenvalue weighted by Gasteiger charge is -2.33. The molecule has 1 aliphatic heterocycles. The number of alkyl halides is 1. The number of hydrogen-bond donors (Lipinski definition) is 1. The van der Waals surface area contributed by atoms with Gasteiger partial charge in [0.1, 0.15) is 11.6 Å². The third-order valence-electron chi connectivity index (χ3n) is 3.52. The van der Waals surface area contributed by atoms with Gasteiger partial charge in [0.25, 0.3) is 5.91 Å². The number of carbonyl (C=O) groups is 2. The smallest absolute Gasteiger partial charge is 0.267 e. The minimum absolute atomic E-state index is 0.126. The molecule has 1 aliphatic rings. The number of fused-ring (bicyclic) bond motifs is 1. The van der Waals surface area contributed by atoms with Crippen LogP contribution in [0.2, 0.25) is 0 Å². The maximum Gasteiger partial charge on any atom is 0.267 e. The molecule has 0 bridgehead atoms. The SMILES string of the molecule is O=C(Nc1ccccc1)C1CN(C(=O)CCl)c2ccccc2O1. The fourth-order valence-electron chi connectivity index (χ4n) is 2.42. The predicted molar refractivity (Wildman–Crippen MR) is 89.0 cm³/mol. The lowest BCUT2D eigenvalue weighted by molar-refractivity contribution is -0.123. The minimum Gasteiger partial charge on any atom is -0.476 e. The number of carbonyl (C=O) groups excluding carboxylic acids is 2. The first-order chi connectivity index (χ1) is 11.2. The highest BCUT2D eigenvalue weighted by Gasteiger charge is 2.33. The molecule has 1 atom stereocenters. The van der Waals surface area contributed by atoms with Crippen molar-refractivity contribution in [3.05, 3.63) is 54.6 Å². The molecule has 6 heteroatoms. The summed E-state index contributed by atoms with van der Waals surface area (Å²) in [5.41, 5.74) is 1.30. The van der Waals surface area contributed by atoms with E-state index < -0.39 is 6.10 Å². The molecule has 0 aliphatic carbocycles.